The van der Waals surface area contributed by atoms with E-state index in [1.54, 1.807) is 12.3 Å². The Kier molecular flexibility index (Phi) is 5.80. The Morgan fingerprint density at radius 3 is 2.52 bits per heavy atom. The Hall–Kier alpha value is -3.16. The van der Waals surface area contributed by atoms with E-state index in [0.29, 0.717) is 36.8 Å². The third-order valence-corrected chi connectivity index (χ3v) is 5.62. The molecule has 1 aromatic carbocycles. The smallest absolute Gasteiger partial charge is 0.225 e. The summed E-state index contributed by atoms with van der Waals surface area (Å²) in [6.07, 6.45) is 2.45. The van der Waals surface area contributed by atoms with Gasteiger partial charge in [-0.2, -0.15) is 0 Å². The van der Waals surface area contributed by atoms with Crippen molar-refractivity contribution in [3.8, 4) is 11.4 Å². The largest absolute Gasteiger partial charge is 0.353 e. The lowest BCUT2D eigenvalue weighted by Crippen LogP contribution is -2.43. The van der Waals surface area contributed by atoms with Crippen LogP contribution in [0.1, 0.15) is 27.2 Å². The van der Waals surface area contributed by atoms with Crippen molar-refractivity contribution in [2.75, 3.05) is 24.5 Å². The maximum absolute atomic E-state index is 13.8. The van der Waals surface area contributed by atoms with Crippen LogP contribution >= 0.6 is 0 Å². The highest BCUT2D eigenvalue weighted by molar-refractivity contribution is 5.83. The number of benzene rings is 1. The first-order valence-corrected chi connectivity index (χ1v) is 10.5. The van der Waals surface area contributed by atoms with Crippen LogP contribution < -0.4 is 4.90 Å². The molecule has 1 amide bonds. The maximum atomic E-state index is 13.8. The van der Waals surface area contributed by atoms with Gasteiger partial charge in [0.2, 0.25) is 5.91 Å². The fourth-order valence-corrected chi connectivity index (χ4v) is 4.05. The van der Waals surface area contributed by atoms with E-state index in [-0.39, 0.29) is 28.9 Å². The minimum absolute atomic E-state index is 0.0546. The van der Waals surface area contributed by atoms with Crippen LogP contribution in [0.25, 0.3) is 22.4 Å². The van der Waals surface area contributed by atoms with Gasteiger partial charge in [0.1, 0.15) is 5.69 Å². The highest BCUT2D eigenvalue weighted by Gasteiger charge is 2.33. The first-order chi connectivity index (χ1) is 14.9. The number of carbonyl (C=O) groups is 1. The Labute approximate surface area is 179 Å². The van der Waals surface area contributed by atoms with Gasteiger partial charge < -0.3 is 9.80 Å². The second kappa shape index (κ2) is 8.53. The molecule has 0 unspecified atom stereocenters. The number of fused-ring (bicyclic) bond motifs is 1. The molecular weight excluding hydrogens is 400 g/mol. The average Bonchev–Trinajstić information content (AvgIpc) is 3.24. The van der Waals surface area contributed by atoms with Crippen LogP contribution in [-0.2, 0) is 4.79 Å². The molecule has 8 heteroatoms. The lowest BCUT2D eigenvalue weighted by Gasteiger charge is -2.30. The molecule has 0 N–H and O–H groups in total. The van der Waals surface area contributed by atoms with Gasteiger partial charge in [-0.05, 0) is 25.5 Å². The number of aromatic nitrogens is 3. The van der Waals surface area contributed by atoms with Gasteiger partial charge in [-0.25, -0.2) is 18.7 Å². The molecule has 162 valence electrons. The first-order valence-electron chi connectivity index (χ1n) is 10.5. The quantitative estimate of drug-likeness (QED) is 0.617. The summed E-state index contributed by atoms with van der Waals surface area (Å²) in [7, 11) is 0. The molecule has 3 heterocycles. The molecule has 31 heavy (non-hydrogen) atoms. The van der Waals surface area contributed by atoms with Gasteiger partial charge in [-0.1, -0.05) is 19.9 Å². The van der Waals surface area contributed by atoms with Crippen LogP contribution in [0.3, 0.4) is 0 Å². The van der Waals surface area contributed by atoms with Crippen LogP contribution in [0.2, 0.25) is 0 Å². The fourth-order valence-electron chi connectivity index (χ4n) is 4.05. The van der Waals surface area contributed by atoms with Crippen molar-refractivity contribution in [2.45, 2.75) is 33.2 Å². The Morgan fingerprint density at radius 2 is 1.90 bits per heavy atom. The minimum atomic E-state index is -0.964. The number of likely N-dealkylation sites (N-methyl/N-ethyl adjacent to an activating group) is 1. The lowest BCUT2D eigenvalue weighted by molar-refractivity contribution is -0.136. The zero-order chi connectivity index (χ0) is 22.1. The predicted molar refractivity (Wildman–Crippen MR) is 116 cm³/mol. The molecule has 1 saturated heterocycles. The average molecular weight is 425 g/mol. The number of hydrogen-bond donors (Lipinski definition) is 0. The van der Waals surface area contributed by atoms with Crippen molar-refractivity contribution in [3.05, 3.63) is 48.2 Å². The van der Waals surface area contributed by atoms with Gasteiger partial charge in [-0.3, -0.25) is 9.78 Å². The second-order valence-corrected chi connectivity index (χ2v) is 8.03. The van der Waals surface area contributed by atoms with Gasteiger partial charge >= 0.3 is 0 Å². The fraction of sp³-hybridized carbons (Fsp3) is 0.391. The van der Waals surface area contributed by atoms with Crippen LogP contribution in [0.4, 0.5) is 14.6 Å². The summed E-state index contributed by atoms with van der Waals surface area (Å²) >= 11 is 0. The summed E-state index contributed by atoms with van der Waals surface area (Å²) in [4.78, 5) is 30.2. The summed E-state index contributed by atoms with van der Waals surface area (Å²) in [5, 5.41) is 0. The summed E-state index contributed by atoms with van der Waals surface area (Å²) in [5.41, 5.74) is 1.66. The molecule has 1 aliphatic heterocycles. The number of amides is 1. The molecule has 0 bridgehead atoms. The van der Waals surface area contributed by atoms with Crippen molar-refractivity contribution < 1.29 is 13.6 Å². The highest BCUT2D eigenvalue weighted by atomic mass is 19.2. The zero-order valence-corrected chi connectivity index (χ0v) is 17.8. The number of anilines is 1. The summed E-state index contributed by atoms with van der Waals surface area (Å²) in [6.45, 7) is 7.69. The van der Waals surface area contributed by atoms with Gasteiger partial charge in [0.15, 0.2) is 17.5 Å². The minimum Gasteiger partial charge on any atom is -0.353 e. The van der Waals surface area contributed by atoms with E-state index in [9.17, 15) is 13.6 Å². The zero-order valence-electron chi connectivity index (χ0n) is 17.8. The molecular formula is C23H25F2N5O. The van der Waals surface area contributed by atoms with Gasteiger partial charge in [0, 0.05) is 43.9 Å². The molecule has 1 aliphatic rings. The summed E-state index contributed by atoms with van der Waals surface area (Å²) < 4.78 is 27.6. The van der Waals surface area contributed by atoms with Gasteiger partial charge in [0.25, 0.3) is 0 Å². The van der Waals surface area contributed by atoms with E-state index in [0.717, 1.165) is 18.6 Å². The Bertz CT molecular complexity index is 1110. The molecule has 0 radical (unpaired) electrons. The standard InChI is InChI=1S/C23H25F2N5O/c1-4-30(23(31)14(2)3)15-8-10-29(13-15)22-21(18-7-5-6-9-26-18)27-19-11-16(24)17(25)12-20(19)28-22/h5-7,9,11-12,14-15H,4,8,10,13H2,1-3H3/t15-/m0/s1. The van der Waals surface area contributed by atoms with E-state index in [1.165, 1.54) is 0 Å². The lowest BCUT2D eigenvalue weighted by atomic mass is 10.1. The normalized spacial score (nSPS) is 16.3. The molecule has 0 saturated carbocycles. The van der Waals surface area contributed by atoms with Crippen LogP contribution in [-0.4, -0.2) is 51.4 Å². The molecule has 6 nitrogen and oxygen atoms in total. The SMILES string of the molecule is CCN(C(=O)C(C)C)[C@H]1CCN(c2nc3cc(F)c(F)cc3nc2-c2ccccn2)C1. The third-order valence-electron chi connectivity index (χ3n) is 5.62. The van der Waals surface area contributed by atoms with Crippen LogP contribution in [0.15, 0.2) is 36.5 Å². The molecule has 0 spiro atoms. The van der Waals surface area contributed by atoms with Crippen molar-refractivity contribution in [1.82, 2.24) is 19.9 Å². The molecule has 2 aromatic heterocycles. The van der Waals surface area contributed by atoms with Crippen molar-refractivity contribution in [1.29, 1.82) is 0 Å². The highest BCUT2D eigenvalue weighted by Crippen LogP contribution is 2.32. The topological polar surface area (TPSA) is 62.2 Å². The van der Waals surface area contributed by atoms with Crippen molar-refractivity contribution in [2.24, 2.45) is 5.92 Å². The van der Waals surface area contributed by atoms with E-state index in [1.807, 2.05) is 37.8 Å². The third kappa shape index (κ3) is 4.06. The monoisotopic (exact) mass is 425 g/mol. The Morgan fingerprint density at radius 1 is 1.19 bits per heavy atom. The van der Waals surface area contributed by atoms with E-state index in [4.69, 9.17) is 0 Å². The summed E-state index contributed by atoms with van der Waals surface area (Å²) in [5.74, 6) is -1.31. The number of pyridine rings is 1. The van der Waals surface area contributed by atoms with Crippen molar-refractivity contribution in [3.63, 3.8) is 0 Å². The second-order valence-electron chi connectivity index (χ2n) is 8.03. The molecule has 1 atom stereocenters. The van der Waals surface area contributed by atoms with Crippen LogP contribution in [0.5, 0.6) is 0 Å². The van der Waals surface area contributed by atoms with Crippen LogP contribution in [0, 0.1) is 17.6 Å². The predicted octanol–water partition coefficient (Wildman–Crippen LogP) is 4.05. The number of halogens is 2. The van der Waals surface area contributed by atoms with E-state index < -0.39 is 11.6 Å². The van der Waals surface area contributed by atoms with E-state index >= 15 is 0 Å². The number of hydrogen-bond acceptors (Lipinski definition) is 5. The van der Waals surface area contributed by atoms with E-state index in [2.05, 4.69) is 19.9 Å². The molecule has 1 fully saturated rings. The first kappa shape index (κ1) is 21.1. The van der Waals surface area contributed by atoms with Gasteiger partial charge in [-0.15, -0.1) is 0 Å². The Balaban J connectivity index is 1.76. The van der Waals surface area contributed by atoms with Gasteiger partial charge in [0.05, 0.1) is 22.8 Å². The molecule has 4 rings (SSSR count). The number of carbonyl (C=O) groups excluding carboxylic acids is 1. The maximum Gasteiger partial charge on any atom is 0.225 e. The molecule has 0 aliphatic carbocycles. The number of nitrogens with zero attached hydrogens (tertiary/aromatic N) is 5. The molecule has 3 aromatic rings. The summed E-state index contributed by atoms with van der Waals surface area (Å²) in [6, 6.07) is 7.64. The van der Waals surface area contributed by atoms with Crippen molar-refractivity contribution >= 4 is 22.8 Å². The number of rotatable bonds is 5.